The smallest absolute Gasteiger partial charge is 0.317 e. The van der Waals surface area contributed by atoms with Crippen molar-refractivity contribution in [3.63, 3.8) is 0 Å². The van der Waals surface area contributed by atoms with Crippen molar-refractivity contribution in [1.29, 1.82) is 0 Å². The monoisotopic (exact) mass is 673 g/mol. The Morgan fingerprint density at radius 3 is 2.79 bits per heavy atom. The molecule has 13 heteroatoms. The van der Waals surface area contributed by atoms with Crippen molar-refractivity contribution in [3.8, 4) is 29.6 Å². The Balaban J connectivity index is 1.08. The normalized spacial score (nSPS) is 26.7. The van der Waals surface area contributed by atoms with E-state index < -0.39 is 20.7 Å². The van der Waals surface area contributed by atoms with Gasteiger partial charge in [0.25, 0.3) is 9.05 Å². The van der Waals surface area contributed by atoms with Crippen LogP contribution >= 0.6 is 10.7 Å². The van der Waals surface area contributed by atoms with Crippen molar-refractivity contribution >= 4 is 41.4 Å². The summed E-state index contributed by atoms with van der Waals surface area (Å²) >= 11 is 0. The van der Waals surface area contributed by atoms with E-state index in [4.69, 9.17) is 26.8 Å². The fourth-order valence-corrected chi connectivity index (χ4v) is 10.1. The van der Waals surface area contributed by atoms with Crippen molar-refractivity contribution in [2.45, 2.75) is 73.8 Å². The summed E-state index contributed by atoms with van der Waals surface area (Å²) < 4.78 is 63.3. The van der Waals surface area contributed by atoms with Crippen LogP contribution < -0.4 is 4.74 Å². The number of ether oxygens (including phenoxy) is 1. The van der Waals surface area contributed by atoms with E-state index in [1.165, 1.54) is 46.8 Å². The van der Waals surface area contributed by atoms with E-state index in [0.717, 1.165) is 18.5 Å². The van der Waals surface area contributed by atoms with E-state index in [-0.39, 0.29) is 40.0 Å². The van der Waals surface area contributed by atoms with Gasteiger partial charge in [0, 0.05) is 65.2 Å². The first kappa shape index (κ1) is 29.0. The van der Waals surface area contributed by atoms with Gasteiger partial charge in [-0.15, -0.1) is 6.42 Å². The Labute approximate surface area is 273 Å². The first-order chi connectivity index (χ1) is 22.7. The van der Waals surface area contributed by atoms with Crippen LogP contribution in [0.5, 0.6) is 6.01 Å². The Hall–Kier alpha value is -4.18. The highest BCUT2D eigenvalue weighted by Gasteiger charge is 2.98. The zero-order chi connectivity index (χ0) is 32.3. The molecule has 5 atom stereocenters. The molecular formula is C34H28ClF2N6O3S+. The highest BCUT2D eigenvalue weighted by molar-refractivity contribution is 8.13. The van der Waals surface area contributed by atoms with Gasteiger partial charge >= 0.3 is 6.01 Å². The molecule has 0 radical (unpaired) electrons. The standard InChI is InChI=1S/C34H28ClF2N6O3S/c1-2-22-25(36)10-7-19-5-3-6-23(29(19)22)31-30(37)32-24(18-38-31)26(17-34-16-21-9-8-20-15-27(34)43(20,21)34)39-33(40-32)46-14-4-12-42-13-11-28(41-42)47(35,44)45/h1,3,5-7,10-11,13,18,20-21,27H,4,8-9,12,14-17H2/q+1. The summed E-state index contributed by atoms with van der Waals surface area (Å²) in [5, 5.41) is 5.38. The fraction of sp³-hybridized carbons (Fsp3) is 0.353. The summed E-state index contributed by atoms with van der Waals surface area (Å²) in [4.78, 5) is 13.9. The molecule has 5 aromatic rings. The molecule has 4 saturated heterocycles. The molecule has 4 fully saturated rings. The molecule has 0 saturated carbocycles. The fourth-order valence-electron chi connectivity index (χ4n) is 9.43. The van der Waals surface area contributed by atoms with E-state index in [1.807, 2.05) is 0 Å². The van der Waals surface area contributed by atoms with Gasteiger partial charge in [-0.25, -0.2) is 17.2 Å². The summed E-state index contributed by atoms with van der Waals surface area (Å²) in [6, 6.07) is 11.7. The lowest BCUT2D eigenvalue weighted by atomic mass is 9.84. The van der Waals surface area contributed by atoms with Gasteiger partial charge in [-0.3, -0.25) is 9.67 Å². The number of rotatable bonds is 9. The van der Waals surface area contributed by atoms with Crippen molar-refractivity contribution in [2.24, 2.45) is 0 Å². The minimum atomic E-state index is -3.92. The number of aryl methyl sites for hydroxylation is 1. The van der Waals surface area contributed by atoms with Crippen LogP contribution in [0.25, 0.3) is 32.9 Å². The van der Waals surface area contributed by atoms with Gasteiger partial charge in [0.2, 0.25) is 0 Å². The van der Waals surface area contributed by atoms with Gasteiger partial charge in [-0.05, 0) is 17.5 Å². The maximum absolute atomic E-state index is 16.7. The second-order valence-electron chi connectivity index (χ2n) is 13.1. The molecule has 0 N–H and O–H groups in total. The lowest BCUT2D eigenvalue weighted by Crippen LogP contribution is -2.59. The van der Waals surface area contributed by atoms with Crippen LogP contribution in [-0.2, 0) is 22.0 Å². The molecule has 0 aliphatic carbocycles. The highest BCUT2D eigenvalue weighted by atomic mass is 35.7. The number of aromatic nitrogens is 5. The predicted molar refractivity (Wildman–Crippen MR) is 170 cm³/mol. The quantitative estimate of drug-likeness (QED) is 0.0669. The van der Waals surface area contributed by atoms with Crippen molar-refractivity contribution < 1.29 is 26.4 Å². The maximum atomic E-state index is 16.7. The lowest BCUT2D eigenvalue weighted by molar-refractivity contribution is -0.941. The summed E-state index contributed by atoms with van der Waals surface area (Å²) in [6.07, 6.45) is 15.0. The van der Waals surface area contributed by atoms with Crippen molar-refractivity contribution in [2.75, 3.05) is 6.61 Å². The Bertz CT molecular complexity index is 2320. The average molecular weight is 674 g/mol. The molecule has 0 bridgehead atoms. The molecule has 4 aliphatic rings. The number of terminal acetylenes is 1. The average Bonchev–Trinajstić information content (AvgIpc) is 3.39. The summed E-state index contributed by atoms with van der Waals surface area (Å²) in [5.74, 6) is 1.20. The first-order valence-corrected chi connectivity index (χ1v) is 18.0. The van der Waals surface area contributed by atoms with Crippen LogP contribution in [0.1, 0.15) is 43.4 Å². The Morgan fingerprint density at radius 1 is 1.15 bits per heavy atom. The van der Waals surface area contributed by atoms with Crippen molar-refractivity contribution in [1.82, 2.24) is 24.7 Å². The molecule has 0 amide bonds. The predicted octanol–water partition coefficient (Wildman–Crippen LogP) is 5.52. The van der Waals surface area contributed by atoms with Crippen LogP contribution in [0.15, 0.2) is 53.8 Å². The molecule has 5 unspecified atom stereocenters. The van der Waals surface area contributed by atoms with Crippen LogP contribution in [-0.4, -0.2) is 67.9 Å². The molecule has 1 spiro atoms. The zero-order valence-corrected chi connectivity index (χ0v) is 26.6. The second-order valence-corrected chi connectivity index (χ2v) is 15.6. The first-order valence-electron chi connectivity index (χ1n) is 15.7. The number of nitrogens with zero attached hydrogens (tertiary/aromatic N) is 6. The second kappa shape index (κ2) is 9.92. The zero-order valence-electron chi connectivity index (χ0n) is 25.0. The van der Waals surface area contributed by atoms with Crippen LogP contribution in [0.3, 0.4) is 0 Å². The SMILES string of the molecule is C#Cc1c(F)ccc2cccc(-c3ncc4c(CC56CC7CCC8CC5[N+]876)nc(OCCCn5ccc(S(=O)(=O)Cl)n5)nc4c3F)c12. The number of benzene rings is 2. The van der Waals surface area contributed by atoms with E-state index >= 15 is 4.39 Å². The summed E-state index contributed by atoms with van der Waals surface area (Å²) in [6.45, 7) is 0.539. The van der Waals surface area contributed by atoms with E-state index in [1.54, 1.807) is 30.5 Å². The van der Waals surface area contributed by atoms with E-state index in [2.05, 4.69) is 21.0 Å². The van der Waals surface area contributed by atoms with Gasteiger partial charge in [-0.2, -0.15) is 15.1 Å². The third-order valence-corrected chi connectivity index (χ3v) is 12.4. The lowest BCUT2D eigenvalue weighted by Gasteiger charge is -2.44. The number of halogens is 3. The van der Waals surface area contributed by atoms with E-state index in [0.29, 0.717) is 52.8 Å². The number of pyridine rings is 1. The maximum Gasteiger partial charge on any atom is 0.317 e. The molecular weight excluding hydrogens is 646 g/mol. The Morgan fingerprint density at radius 2 is 2.00 bits per heavy atom. The number of hydrogen-bond donors (Lipinski definition) is 0. The van der Waals surface area contributed by atoms with Crippen LogP contribution in [0.2, 0.25) is 0 Å². The minimum absolute atomic E-state index is 0.0168. The molecule has 7 heterocycles. The van der Waals surface area contributed by atoms with Gasteiger partial charge in [0.1, 0.15) is 17.0 Å². The molecule has 9 nitrogen and oxygen atoms in total. The molecule has 3 aromatic heterocycles. The van der Waals surface area contributed by atoms with Crippen molar-refractivity contribution in [3.05, 3.63) is 71.7 Å². The van der Waals surface area contributed by atoms with Gasteiger partial charge in [0.15, 0.2) is 22.4 Å². The van der Waals surface area contributed by atoms with E-state index in [9.17, 15) is 12.8 Å². The largest absolute Gasteiger partial charge is 0.463 e. The van der Waals surface area contributed by atoms with Gasteiger partial charge < -0.3 is 9.22 Å². The highest BCUT2D eigenvalue weighted by Crippen LogP contribution is 2.80. The topological polar surface area (TPSA) is 99.9 Å². The van der Waals surface area contributed by atoms with Crippen LogP contribution in [0, 0.1) is 24.0 Å². The third-order valence-electron chi connectivity index (χ3n) is 11.2. The molecule has 4 aliphatic heterocycles. The summed E-state index contributed by atoms with van der Waals surface area (Å²) in [5.41, 5.74) is 1.39. The van der Waals surface area contributed by atoms with Gasteiger partial charge in [0.05, 0.1) is 49.2 Å². The number of quaternary nitrogens is 1. The summed E-state index contributed by atoms with van der Waals surface area (Å²) in [7, 11) is 1.46. The van der Waals surface area contributed by atoms with Crippen LogP contribution in [0.4, 0.5) is 8.78 Å². The Kier molecular flexibility index (Phi) is 6.12. The molecule has 238 valence electrons. The number of fused-ring (bicyclic) bond motifs is 3. The van der Waals surface area contributed by atoms with Gasteiger partial charge in [-0.1, -0.05) is 30.2 Å². The number of hydrogen-bond acceptors (Lipinski definition) is 7. The minimum Gasteiger partial charge on any atom is -0.463 e. The molecule has 9 rings (SSSR count). The molecule has 47 heavy (non-hydrogen) atoms. The third kappa shape index (κ3) is 3.93. The molecule has 2 aromatic carbocycles.